The fourth-order valence-electron chi connectivity index (χ4n) is 3.40. The van der Waals surface area contributed by atoms with Crippen molar-refractivity contribution in [2.45, 2.75) is 57.7 Å². The lowest BCUT2D eigenvalue weighted by Crippen LogP contribution is -2.33. The molecule has 0 aliphatic heterocycles. The van der Waals surface area contributed by atoms with Gasteiger partial charge >= 0.3 is 0 Å². The van der Waals surface area contributed by atoms with E-state index in [1.165, 1.54) is 37.0 Å². The summed E-state index contributed by atoms with van der Waals surface area (Å²) < 4.78 is 0. The summed E-state index contributed by atoms with van der Waals surface area (Å²) in [6.45, 7) is 8.00. The van der Waals surface area contributed by atoms with Gasteiger partial charge < -0.3 is 5.32 Å². The summed E-state index contributed by atoms with van der Waals surface area (Å²) >= 11 is 2.21. The number of benzene rings is 1. The molecule has 2 rings (SSSR count). The topological polar surface area (TPSA) is 12.0 Å². The van der Waals surface area contributed by atoms with Crippen LogP contribution in [0.2, 0.25) is 0 Å². The first kappa shape index (κ1) is 16.9. The average molecular weight is 306 g/mol. The van der Waals surface area contributed by atoms with E-state index in [1.54, 1.807) is 0 Å². The lowest BCUT2D eigenvalue weighted by molar-refractivity contribution is 0.452. The number of rotatable bonds is 8. The Morgan fingerprint density at radius 1 is 1.14 bits per heavy atom. The van der Waals surface area contributed by atoms with Gasteiger partial charge in [0, 0.05) is 11.3 Å². The number of thioether (sulfide) groups is 1. The van der Waals surface area contributed by atoms with Crippen molar-refractivity contribution in [3.05, 3.63) is 35.9 Å². The average Bonchev–Trinajstić information content (AvgIpc) is 3.00. The van der Waals surface area contributed by atoms with E-state index in [0.717, 1.165) is 12.5 Å². The van der Waals surface area contributed by atoms with E-state index in [-0.39, 0.29) is 0 Å². The van der Waals surface area contributed by atoms with Crippen molar-refractivity contribution in [1.82, 2.24) is 5.32 Å². The third-order valence-corrected chi connectivity index (χ3v) is 6.43. The van der Waals surface area contributed by atoms with Crippen LogP contribution in [0.3, 0.4) is 0 Å². The fourth-order valence-corrected chi connectivity index (χ4v) is 5.06. The second-order valence-electron chi connectivity index (χ2n) is 6.64. The molecule has 0 aromatic heterocycles. The summed E-state index contributed by atoms with van der Waals surface area (Å²) in [7, 11) is 0. The molecule has 0 heterocycles. The van der Waals surface area contributed by atoms with Crippen LogP contribution in [0.5, 0.6) is 0 Å². The monoisotopic (exact) mass is 305 g/mol. The van der Waals surface area contributed by atoms with Gasteiger partial charge in [-0.1, -0.05) is 63.9 Å². The summed E-state index contributed by atoms with van der Waals surface area (Å²) in [5, 5.41) is 4.40. The number of hydrogen-bond acceptors (Lipinski definition) is 2. The van der Waals surface area contributed by atoms with Gasteiger partial charge in [0.15, 0.2) is 0 Å². The summed E-state index contributed by atoms with van der Waals surface area (Å²) in [5.41, 5.74) is 1.44. The predicted octanol–water partition coefficient (Wildman–Crippen LogP) is 5.29. The zero-order valence-electron chi connectivity index (χ0n) is 13.8. The Labute approximate surface area is 135 Å². The van der Waals surface area contributed by atoms with Crippen LogP contribution in [0.1, 0.15) is 58.1 Å². The van der Waals surface area contributed by atoms with E-state index < -0.39 is 0 Å². The lowest BCUT2D eigenvalue weighted by atomic mass is 9.96. The minimum atomic E-state index is 0.475. The van der Waals surface area contributed by atoms with Gasteiger partial charge in [0.2, 0.25) is 0 Å². The van der Waals surface area contributed by atoms with Gasteiger partial charge in [-0.15, -0.1) is 0 Å². The van der Waals surface area contributed by atoms with Crippen LogP contribution < -0.4 is 5.32 Å². The molecule has 2 heteroatoms. The van der Waals surface area contributed by atoms with Gasteiger partial charge in [0.1, 0.15) is 0 Å². The van der Waals surface area contributed by atoms with E-state index in [0.29, 0.717) is 17.2 Å². The molecule has 118 valence electrons. The van der Waals surface area contributed by atoms with Crippen LogP contribution in [0.15, 0.2) is 30.3 Å². The SMILES string of the molecule is CCNC(c1ccccc1)C(SCC1CCCC1)C(C)C. The third kappa shape index (κ3) is 5.03. The molecular weight excluding hydrogens is 274 g/mol. The predicted molar refractivity (Wildman–Crippen MR) is 95.9 cm³/mol. The Morgan fingerprint density at radius 3 is 2.38 bits per heavy atom. The van der Waals surface area contributed by atoms with Crippen molar-refractivity contribution in [3.63, 3.8) is 0 Å². The van der Waals surface area contributed by atoms with Crippen LogP contribution >= 0.6 is 11.8 Å². The van der Waals surface area contributed by atoms with Crippen LogP contribution in [0.25, 0.3) is 0 Å². The zero-order valence-corrected chi connectivity index (χ0v) is 14.7. The van der Waals surface area contributed by atoms with Crippen molar-refractivity contribution in [1.29, 1.82) is 0 Å². The number of hydrogen-bond donors (Lipinski definition) is 1. The van der Waals surface area contributed by atoms with E-state index in [9.17, 15) is 0 Å². The molecule has 1 saturated carbocycles. The van der Waals surface area contributed by atoms with E-state index >= 15 is 0 Å². The van der Waals surface area contributed by atoms with Gasteiger partial charge in [0.05, 0.1) is 0 Å². The molecule has 0 bridgehead atoms. The highest BCUT2D eigenvalue weighted by Crippen LogP contribution is 2.36. The normalized spacial score (nSPS) is 19.0. The maximum Gasteiger partial charge on any atom is 0.0443 e. The quantitative estimate of drug-likeness (QED) is 0.701. The molecule has 1 aliphatic carbocycles. The van der Waals surface area contributed by atoms with Crippen LogP contribution in [0, 0.1) is 11.8 Å². The second kappa shape index (κ2) is 8.85. The largest absolute Gasteiger partial charge is 0.309 e. The van der Waals surface area contributed by atoms with Crippen molar-refractivity contribution in [2.24, 2.45) is 11.8 Å². The summed E-state index contributed by atoms with van der Waals surface area (Å²) in [6, 6.07) is 11.5. The van der Waals surface area contributed by atoms with E-state index in [1.807, 2.05) is 0 Å². The molecule has 2 atom stereocenters. The molecule has 0 amide bonds. The molecule has 21 heavy (non-hydrogen) atoms. The smallest absolute Gasteiger partial charge is 0.0443 e. The molecule has 1 aromatic carbocycles. The molecule has 1 aliphatic rings. The van der Waals surface area contributed by atoms with Crippen molar-refractivity contribution < 1.29 is 0 Å². The molecule has 1 aromatic rings. The fraction of sp³-hybridized carbons (Fsp3) is 0.684. The molecule has 0 saturated heterocycles. The van der Waals surface area contributed by atoms with Gasteiger partial charge in [-0.2, -0.15) is 11.8 Å². The minimum absolute atomic E-state index is 0.475. The van der Waals surface area contributed by atoms with Gasteiger partial charge in [0.25, 0.3) is 0 Å². The molecule has 0 radical (unpaired) electrons. The lowest BCUT2D eigenvalue weighted by Gasteiger charge is -2.31. The maximum absolute atomic E-state index is 3.73. The third-order valence-electron chi connectivity index (χ3n) is 4.57. The zero-order chi connectivity index (χ0) is 15.1. The highest BCUT2D eigenvalue weighted by atomic mass is 32.2. The highest BCUT2D eigenvalue weighted by molar-refractivity contribution is 7.99. The Balaban J connectivity index is 2.04. The Morgan fingerprint density at radius 2 is 1.81 bits per heavy atom. The maximum atomic E-state index is 3.73. The Hall–Kier alpha value is -0.470. The molecular formula is C19H31NS. The Bertz CT molecular complexity index is 384. The van der Waals surface area contributed by atoms with Crippen molar-refractivity contribution in [3.8, 4) is 0 Å². The summed E-state index contributed by atoms with van der Waals surface area (Å²) in [5.74, 6) is 3.01. The molecule has 1 fully saturated rings. The van der Waals surface area contributed by atoms with Gasteiger partial charge in [-0.3, -0.25) is 0 Å². The standard InChI is InChI=1S/C19H31NS/c1-4-20-18(17-12-6-5-7-13-17)19(15(2)3)21-14-16-10-8-9-11-16/h5-7,12-13,15-16,18-20H,4,8-11,14H2,1-3H3. The van der Waals surface area contributed by atoms with Crippen LogP contribution in [-0.4, -0.2) is 17.5 Å². The number of nitrogens with one attached hydrogen (secondary N) is 1. The van der Waals surface area contributed by atoms with Crippen LogP contribution in [-0.2, 0) is 0 Å². The molecule has 0 spiro atoms. The Kier molecular flexibility index (Phi) is 7.12. The van der Waals surface area contributed by atoms with Crippen molar-refractivity contribution in [2.75, 3.05) is 12.3 Å². The first-order chi connectivity index (χ1) is 10.2. The van der Waals surface area contributed by atoms with Gasteiger partial charge in [-0.25, -0.2) is 0 Å². The second-order valence-corrected chi connectivity index (χ2v) is 7.85. The van der Waals surface area contributed by atoms with E-state index in [2.05, 4.69) is 68.2 Å². The minimum Gasteiger partial charge on any atom is -0.309 e. The first-order valence-electron chi connectivity index (χ1n) is 8.62. The molecule has 1 N–H and O–H groups in total. The van der Waals surface area contributed by atoms with Crippen LogP contribution in [0.4, 0.5) is 0 Å². The highest BCUT2D eigenvalue weighted by Gasteiger charge is 2.27. The molecule has 2 unspecified atom stereocenters. The van der Waals surface area contributed by atoms with E-state index in [4.69, 9.17) is 0 Å². The first-order valence-corrected chi connectivity index (χ1v) is 9.67. The van der Waals surface area contributed by atoms with Gasteiger partial charge in [-0.05, 0) is 42.5 Å². The molecule has 1 nitrogen and oxygen atoms in total. The summed E-state index contributed by atoms with van der Waals surface area (Å²) in [6.07, 6.45) is 5.81. The van der Waals surface area contributed by atoms with Crippen molar-refractivity contribution >= 4 is 11.8 Å². The summed E-state index contributed by atoms with van der Waals surface area (Å²) in [4.78, 5) is 0.